The molecule has 0 heterocycles. The van der Waals surface area contributed by atoms with Crippen molar-refractivity contribution in [3.63, 3.8) is 0 Å². The lowest BCUT2D eigenvalue weighted by molar-refractivity contribution is -0.153. The van der Waals surface area contributed by atoms with Crippen LogP contribution < -0.4 is 20.7 Å². The minimum atomic E-state index is -4.37. The normalized spacial score (nSPS) is 11.2. The lowest BCUT2D eigenvalue weighted by atomic mass is 10.2. The number of ether oxygens (including phenoxy) is 2. The highest BCUT2D eigenvalue weighted by Crippen LogP contribution is 2.19. The number of hydrogen-bond acceptors (Lipinski definition) is 4. The Morgan fingerprint density at radius 3 is 2.19 bits per heavy atom. The largest absolute Gasteiger partial charge is 0.484 e. The van der Waals surface area contributed by atoms with Crippen LogP contribution in [-0.4, -0.2) is 38.5 Å². The van der Waals surface area contributed by atoms with Crippen LogP contribution in [0, 0.1) is 0 Å². The van der Waals surface area contributed by atoms with E-state index in [0.717, 1.165) is 11.1 Å². The van der Waals surface area contributed by atoms with Crippen molar-refractivity contribution in [3.05, 3.63) is 59.7 Å². The first-order valence-electron chi connectivity index (χ1n) is 9.53. The van der Waals surface area contributed by atoms with Crippen LogP contribution >= 0.6 is 24.0 Å². The number of nitrogens with one attached hydrogen (secondary N) is 3. The summed E-state index contributed by atoms with van der Waals surface area (Å²) in [5.74, 6) is 0.747. The van der Waals surface area contributed by atoms with Crippen molar-refractivity contribution >= 4 is 41.7 Å². The van der Waals surface area contributed by atoms with E-state index in [4.69, 9.17) is 4.74 Å². The molecule has 7 nitrogen and oxygen atoms in total. The molecule has 0 bridgehead atoms. The molecule has 3 N–H and O–H groups in total. The van der Waals surface area contributed by atoms with Gasteiger partial charge in [-0.25, -0.2) is 9.79 Å². The fraction of sp³-hybridized carbons (Fsp3) is 0.333. The third kappa shape index (κ3) is 10.6. The molecule has 2 rings (SSSR count). The van der Waals surface area contributed by atoms with Crippen molar-refractivity contribution in [2.75, 3.05) is 25.6 Å². The highest BCUT2D eigenvalue weighted by atomic mass is 127. The Labute approximate surface area is 201 Å². The van der Waals surface area contributed by atoms with E-state index in [2.05, 4.69) is 25.7 Å². The molecule has 0 unspecified atom stereocenters. The van der Waals surface area contributed by atoms with E-state index in [1.165, 1.54) is 19.2 Å². The molecule has 0 saturated carbocycles. The van der Waals surface area contributed by atoms with Crippen LogP contribution in [0.3, 0.4) is 0 Å². The molecule has 2 aromatic rings. The van der Waals surface area contributed by atoms with Crippen LogP contribution in [-0.2, 0) is 17.8 Å². The quantitative estimate of drug-likeness (QED) is 0.246. The molecule has 0 atom stereocenters. The first kappa shape index (κ1) is 27.3. The number of carbonyl (C=O) groups is 1. The van der Waals surface area contributed by atoms with Crippen LogP contribution in [0.5, 0.6) is 5.75 Å². The molecule has 176 valence electrons. The molecule has 0 aliphatic rings. The Hall–Kier alpha value is -2.70. The summed E-state index contributed by atoms with van der Waals surface area (Å²) < 4.78 is 45.9. The number of halogens is 4. The van der Waals surface area contributed by atoms with Gasteiger partial charge in [0.05, 0.1) is 13.7 Å². The van der Waals surface area contributed by atoms with Crippen LogP contribution in [0.1, 0.15) is 18.1 Å². The molecule has 0 aromatic heterocycles. The Morgan fingerprint density at radius 2 is 1.62 bits per heavy atom. The van der Waals surface area contributed by atoms with Crippen LogP contribution in [0.4, 0.5) is 23.7 Å². The van der Waals surface area contributed by atoms with Gasteiger partial charge in [0.2, 0.25) is 0 Å². The first-order valence-corrected chi connectivity index (χ1v) is 9.53. The van der Waals surface area contributed by atoms with Crippen molar-refractivity contribution in [1.82, 2.24) is 10.6 Å². The number of alkyl halides is 3. The number of aliphatic imine (C=N–C) groups is 1. The van der Waals surface area contributed by atoms with Gasteiger partial charge in [-0.1, -0.05) is 24.3 Å². The predicted molar refractivity (Wildman–Crippen MR) is 128 cm³/mol. The molecule has 0 saturated heterocycles. The predicted octanol–water partition coefficient (Wildman–Crippen LogP) is 4.68. The summed E-state index contributed by atoms with van der Waals surface area (Å²) in [5.41, 5.74) is 2.43. The molecule has 0 aliphatic heterocycles. The fourth-order valence-corrected chi connectivity index (χ4v) is 2.43. The van der Waals surface area contributed by atoms with Crippen LogP contribution in [0.2, 0.25) is 0 Å². The lowest BCUT2D eigenvalue weighted by Gasteiger charge is -2.12. The maximum atomic E-state index is 12.2. The molecule has 32 heavy (non-hydrogen) atoms. The second-order valence-electron chi connectivity index (χ2n) is 6.41. The van der Waals surface area contributed by atoms with E-state index >= 15 is 0 Å². The number of methoxy groups -OCH3 is 1. The third-order valence-corrected chi connectivity index (χ3v) is 3.94. The summed E-state index contributed by atoms with van der Waals surface area (Å²) >= 11 is 0. The second kappa shape index (κ2) is 13.7. The first-order chi connectivity index (χ1) is 14.8. The van der Waals surface area contributed by atoms with Crippen LogP contribution in [0.25, 0.3) is 0 Å². The Balaban J connectivity index is 0.00000512. The number of anilines is 1. The summed E-state index contributed by atoms with van der Waals surface area (Å²) in [6, 6.07) is 13.6. The SMILES string of the molecule is CCNC(=NCc1ccc(OCC(F)(F)F)cc1)NCc1ccc(NC(=O)OC)cc1.I. The van der Waals surface area contributed by atoms with E-state index in [1.807, 2.05) is 19.1 Å². The number of amides is 1. The minimum Gasteiger partial charge on any atom is -0.484 e. The van der Waals surface area contributed by atoms with Crippen LogP contribution in [0.15, 0.2) is 53.5 Å². The van der Waals surface area contributed by atoms with Crippen molar-refractivity contribution < 1.29 is 27.4 Å². The molecule has 1 amide bonds. The zero-order valence-corrected chi connectivity index (χ0v) is 20.0. The van der Waals surface area contributed by atoms with E-state index in [1.54, 1.807) is 24.3 Å². The maximum absolute atomic E-state index is 12.2. The lowest BCUT2D eigenvalue weighted by Crippen LogP contribution is -2.36. The number of carbonyl (C=O) groups excluding carboxylic acids is 1. The Bertz CT molecular complexity index is 860. The van der Waals surface area contributed by atoms with Gasteiger partial charge in [0.25, 0.3) is 0 Å². The molecule has 0 radical (unpaired) electrons. The molecule has 0 spiro atoms. The van der Waals surface area contributed by atoms with Gasteiger partial charge >= 0.3 is 12.3 Å². The van der Waals surface area contributed by atoms with E-state index in [-0.39, 0.29) is 29.7 Å². The Kier molecular flexibility index (Phi) is 11.7. The molecule has 11 heteroatoms. The van der Waals surface area contributed by atoms with Gasteiger partial charge in [-0.15, -0.1) is 24.0 Å². The number of hydrogen-bond donors (Lipinski definition) is 3. The topological polar surface area (TPSA) is 84.0 Å². The van der Waals surface area contributed by atoms with Gasteiger partial charge in [0.1, 0.15) is 5.75 Å². The molecular weight excluding hydrogens is 540 g/mol. The van der Waals surface area contributed by atoms with Gasteiger partial charge in [-0.05, 0) is 42.3 Å². The number of benzene rings is 2. The number of guanidine groups is 1. The third-order valence-electron chi connectivity index (χ3n) is 3.94. The highest BCUT2D eigenvalue weighted by molar-refractivity contribution is 14.0. The highest BCUT2D eigenvalue weighted by Gasteiger charge is 2.28. The van der Waals surface area contributed by atoms with Crippen molar-refractivity contribution in [1.29, 1.82) is 0 Å². The van der Waals surface area contributed by atoms with Gasteiger partial charge in [0.15, 0.2) is 12.6 Å². The van der Waals surface area contributed by atoms with Gasteiger partial charge in [-0.2, -0.15) is 13.2 Å². The summed E-state index contributed by atoms with van der Waals surface area (Å²) in [6.45, 7) is 2.14. The zero-order chi connectivity index (χ0) is 22.7. The molecule has 0 aliphatic carbocycles. The summed E-state index contributed by atoms with van der Waals surface area (Å²) in [7, 11) is 1.30. The van der Waals surface area contributed by atoms with Crippen molar-refractivity contribution in [2.24, 2.45) is 4.99 Å². The summed E-state index contributed by atoms with van der Waals surface area (Å²) in [5, 5.41) is 8.92. The zero-order valence-electron chi connectivity index (χ0n) is 17.7. The molecular formula is C21H26F3IN4O3. The monoisotopic (exact) mass is 566 g/mol. The van der Waals surface area contributed by atoms with E-state index < -0.39 is 18.9 Å². The fourth-order valence-electron chi connectivity index (χ4n) is 2.43. The summed E-state index contributed by atoms with van der Waals surface area (Å²) in [6.07, 6.45) is -4.90. The van der Waals surface area contributed by atoms with Crippen molar-refractivity contribution in [3.8, 4) is 5.75 Å². The van der Waals surface area contributed by atoms with Crippen molar-refractivity contribution in [2.45, 2.75) is 26.2 Å². The number of rotatable bonds is 8. The van der Waals surface area contributed by atoms with E-state index in [0.29, 0.717) is 31.3 Å². The average molecular weight is 566 g/mol. The minimum absolute atomic E-state index is 0. The standard InChI is InChI=1S/C21H25F3N4O3.HI/c1-3-25-19(26-12-15-4-8-17(9-5-15)28-20(29)30-2)27-13-16-6-10-18(11-7-16)31-14-21(22,23)24;/h4-11H,3,12-14H2,1-2H3,(H,28,29)(H2,25,26,27);1H. The molecule has 2 aromatic carbocycles. The summed E-state index contributed by atoms with van der Waals surface area (Å²) in [4.78, 5) is 15.7. The van der Waals surface area contributed by atoms with Gasteiger partial charge in [-0.3, -0.25) is 5.32 Å². The van der Waals surface area contributed by atoms with E-state index in [9.17, 15) is 18.0 Å². The van der Waals surface area contributed by atoms with Gasteiger partial charge in [0, 0.05) is 18.8 Å². The smallest absolute Gasteiger partial charge is 0.422 e. The second-order valence-corrected chi connectivity index (χ2v) is 6.41. The Morgan fingerprint density at radius 1 is 1.00 bits per heavy atom. The number of nitrogens with zero attached hydrogens (tertiary/aromatic N) is 1. The average Bonchev–Trinajstić information content (AvgIpc) is 2.75. The molecule has 0 fully saturated rings. The maximum Gasteiger partial charge on any atom is 0.422 e. The van der Waals surface area contributed by atoms with Gasteiger partial charge < -0.3 is 20.1 Å².